The Morgan fingerprint density at radius 1 is 1.73 bits per heavy atom. The summed E-state index contributed by atoms with van der Waals surface area (Å²) in [7, 11) is 3.21. The monoisotopic (exact) mass is 161 g/mol. The van der Waals surface area contributed by atoms with Gasteiger partial charge in [0.2, 0.25) is 0 Å². The summed E-state index contributed by atoms with van der Waals surface area (Å²) < 4.78 is 5.27. The first-order valence-electron chi connectivity index (χ1n) is 3.82. The molecule has 0 aromatic carbocycles. The van der Waals surface area contributed by atoms with Crippen LogP contribution in [0, 0.1) is 0 Å². The first-order chi connectivity index (χ1) is 5.25. The van der Waals surface area contributed by atoms with E-state index in [0.717, 1.165) is 19.4 Å². The third-order valence-electron chi connectivity index (χ3n) is 1.96. The highest BCUT2D eigenvalue weighted by Crippen LogP contribution is 2.16. The molecule has 4 heteroatoms. The molecule has 1 fully saturated rings. The van der Waals surface area contributed by atoms with E-state index in [9.17, 15) is 5.11 Å². The molecule has 66 valence electrons. The summed E-state index contributed by atoms with van der Waals surface area (Å²) in [5.74, 6) is 0. The smallest absolute Gasteiger partial charge is 0.155 e. The molecule has 0 aromatic heterocycles. The van der Waals surface area contributed by atoms with Gasteiger partial charge in [-0.15, -0.1) is 0 Å². The molecular formula is C7H15NO3. The van der Waals surface area contributed by atoms with Crippen LogP contribution in [-0.4, -0.2) is 43.3 Å². The maximum Gasteiger partial charge on any atom is 0.155 e. The van der Waals surface area contributed by atoms with E-state index in [4.69, 9.17) is 9.57 Å². The fourth-order valence-electron chi connectivity index (χ4n) is 1.18. The van der Waals surface area contributed by atoms with E-state index >= 15 is 0 Å². The lowest BCUT2D eigenvalue weighted by molar-refractivity contribution is -0.233. The number of hydrogen-bond acceptors (Lipinski definition) is 4. The van der Waals surface area contributed by atoms with Crippen molar-refractivity contribution in [3.05, 3.63) is 0 Å². The molecule has 0 spiro atoms. The van der Waals surface area contributed by atoms with Crippen LogP contribution in [0.2, 0.25) is 0 Å². The van der Waals surface area contributed by atoms with Crippen LogP contribution in [0.15, 0.2) is 0 Å². The Bertz CT molecular complexity index is 114. The number of aliphatic hydroxyl groups excluding tert-OH is 1. The van der Waals surface area contributed by atoms with E-state index in [1.165, 1.54) is 12.2 Å². The normalized spacial score (nSPS) is 27.8. The van der Waals surface area contributed by atoms with Crippen LogP contribution in [-0.2, 0) is 9.57 Å². The number of hydrogen-bond donors (Lipinski definition) is 1. The SMILES string of the molecule is CON(C)C(O)C1CCCO1. The molecule has 11 heavy (non-hydrogen) atoms. The maximum absolute atomic E-state index is 9.49. The van der Waals surface area contributed by atoms with Crippen molar-refractivity contribution in [2.75, 3.05) is 20.8 Å². The second kappa shape index (κ2) is 4.01. The quantitative estimate of drug-likeness (QED) is 0.466. The van der Waals surface area contributed by atoms with Crippen molar-refractivity contribution in [3.63, 3.8) is 0 Å². The van der Waals surface area contributed by atoms with Gasteiger partial charge in [0, 0.05) is 13.7 Å². The summed E-state index contributed by atoms with van der Waals surface area (Å²) in [6.07, 6.45) is 1.22. The highest BCUT2D eigenvalue weighted by atomic mass is 16.7. The molecule has 0 saturated carbocycles. The second-order valence-electron chi connectivity index (χ2n) is 2.69. The summed E-state index contributed by atoms with van der Waals surface area (Å²) in [6, 6.07) is 0. The van der Waals surface area contributed by atoms with Gasteiger partial charge in [0.1, 0.15) is 0 Å². The van der Waals surface area contributed by atoms with Gasteiger partial charge < -0.3 is 9.84 Å². The molecule has 0 aliphatic carbocycles. The minimum Gasteiger partial charge on any atom is -0.374 e. The van der Waals surface area contributed by atoms with Gasteiger partial charge in [0.25, 0.3) is 0 Å². The van der Waals surface area contributed by atoms with Crippen molar-refractivity contribution in [3.8, 4) is 0 Å². The minimum atomic E-state index is -0.637. The summed E-state index contributed by atoms with van der Waals surface area (Å²) in [5, 5.41) is 10.9. The van der Waals surface area contributed by atoms with Gasteiger partial charge >= 0.3 is 0 Å². The largest absolute Gasteiger partial charge is 0.374 e. The van der Waals surface area contributed by atoms with Crippen LogP contribution in [0.5, 0.6) is 0 Å². The van der Waals surface area contributed by atoms with E-state index < -0.39 is 6.23 Å². The zero-order valence-corrected chi connectivity index (χ0v) is 6.99. The molecule has 1 heterocycles. The first kappa shape index (κ1) is 8.93. The van der Waals surface area contributed by atoms with Crippen LogP contribution in [0.25, 0.3) is 0 Å². The molecule has 2 atom stereocenters. The molecule has 0 bridgehead atoms. The number of nitrogens with zero attached hydrogens (tertiary/aromatic N) is 1. The Morgan fingerprint density at radius 3 is 2.91 bits per heavy atom. The van der Waals surface area contributed by atoms with Gasteiger partial charge in [-0.3, -0.25) is 4.84 Å². The molecule has 0 aromatic rings. The van der Waals surface area contributed by atoms with E-state index in [-0.39, 0.29) is 6.10 Å². The maximum atomic E-state index is 9.49. The van der Waals surface area contributed by atoms with Crippen molar-refractivity contribution >= 4 is 0 Å². The predicted molar refractivity (Wildman–Crippen MR) is 39.8 cm³/mol. The molecule has 1 aliphatic heterocycles. The van der Waals surface area contributed by atoms with Gasteiger partial charge in [0.15, 0.2) is 6.23 Å². The zero-order valence-electron chi connectivity index (χ0n) is 6.99. The van der Waals surface area contributed by atoms with Crippen LogP contribution < -0.4 is 0 Å². The summed E-state index contributed by atoms with van der Waals surface area (Å²) in [6.45, 7) is 0.749. The van der Waals surface area contributed by atoms with Gasteiger partial charge in [-0.05, 0) is 12.8 Å². The standard InChI is InChI=1S/C7H15NO3/c1-8(10-2)7(9)6-4-3-5-11-6/h6-7,9H,3-5H2,1-2H3. The van der Waals surface area contributed by atoms with Gasteiger partial charge in [-0.25, -0.2) is 0 Å². The Kier molecular flexibility index (Phi) is 3.26. The lowest BCUT2D eigenvalue weighted by Crippen LogP contribution is -2.40. The Hall–Kier alpha value is -0.160. The van der Waals surface area contributed by atoms with E-state index in [1.807, 2.05) is 0 Å². The first-order valence-corrected chi connectivity index (χ1v) is 3.82. The molecule has 1 rings (SSSR count). The summed E-state index contributed by atoms with van der Waals surface area (Å²) >= 11 is 0. The number of rotatable bonds is 3. The average Bonchev–Trinajstić information content (AvgIpc) is 2.53. The molecule has 1 N–H and O–H groups in total. The molecule has 4 nitrogen and oxygen atoms in total. The summed E-state index contributed by atoms with van der Waals surface area (Å²) in [4.78, 5) is 4.83. The van der Waals surface area contributed by atoms with Crippen molar-refractivity contribution < 1.29 is 14.7 Å². The molecule has 2 unspecified atom stereocenters. The molecular weight excluding hydrogens is 146 g/mol. The van der Waals surface area contributed by atoms with Crippen LogP contribution >= 0.6 is 0 Å². The molecule has 0 amide bonds. The highest BCUT2D eigenvalue weighted by Gasteiger charge is 2.27. The van der Waals surface area contributed by atoms with Crippen LogP contribution in [0.3, 0.4) is 0 Å². The second-order valence-corrected chi connectivity index (χ2v) is 2.69. The molecule has 0 radical (unpaired) electrons. The fourth-order valence-corrected chi connectivity index (χ4v) is 1.18. The van der Waals surface area contributed by atoms with E-state index in [1.54, 1.807) is 7.05 Å². The lowest BCUT2D eigenvalue weighted by Gasteiger charge is -2.24. The Labute approximate surface area is 66.7 Å². The number of ether oxygens (including phenoxy) is 1. The zero-order chi connectivity index (χ0) is 8.27. The molecule has 1 saturated heterocycles. The van der Waals surface area contributed by atoms with Crippen molar-refractivity contribution in [1.82, 2.24) is 5.06 Å². The van der Waals surface area contributed by atoms with Crippen molar-refractivity contribution in [2.45, 2.75) is 25.2 Å². The Balaban J connectivity index is 2.32. The highest BCUT2D eigenvalue weighted by molar-refractivity contribution is 4.69. The molecule has 1 aliphatic rings. The topological polar surface area (TPSA) is 41.9 Å². The number of hydroxylamine groups is 2. The average molecular weight is 161 g/mol. The summed E-state index contributed by atoms with van der Waals surface area (Å²) in [5.41, 5.74) is 0. The fraction of sp³-hybridized carbons (Fsp3) is 1.00. The predicted octanol–water partition coefficient (Wildman–Crippen LogP) is -0.0230. The van der Waals surface area contributed by atoms with Gasteiger partial charge in [-0.1, -0.05) is 0 Å². The van der Waals surface area contributed by atoms with Gasteiger partial charge in [0.05, 0.1) is 13.2 Å². The third-order valence-corrected chi connectivity index (χ3v) is 1.96. The third kappa shape index (κ3) is 2.13. The number of aliphatic hydroxyl groups is 1. The number of likely N-dealkylation sites (N-methyl/N-ethyl adjacent to an activating group) is 1. The van der Waals surface area contributed by atoms with Crippen LogP contribution in [0.4, 0.5) is 0 Å². The lowest BCUT2D eigenvalue weighted by atomic mass is 10.2. The van der Waals surface area contributed by atoms with Crippen molar-refractivity contribution in [1.29, 1.82) is 0 Å². The van der Waals surface area contributed by atoms with E-state index in [0.29, 0.717) is 0 Å². The van der Waals surface area contributed by atoms with E-state index in [2.05, 4.69) is 0 Å². The van der Waals surface area contributed by atoms with Crippen molar-refractivity contribution in [2.24, 2.45) is 0 Å². The Morgan fingerprint density at radius 2 is 2.45 bits per heavy atom. The van der Waals surface area contributed by atoms with Gasteiger partial charge in [-0.2, -0.15) is 5.06 Å². The van der Waals surface area contributed by atoms with Crippen LogP contribution in [0.1, 0.15) is 12.8 Å². The minimum absolute atomic E-state index is 0.0834.